The van der Waals surface area contributed by atoms with Crippen molar-refractivity contribution in [1.29, 1.82) is 0 Å². The van der Waals surface area contributed by atoms with E-state index in [-0.39, 0.29) is 0 Å². The summed E-state index contributed by atoms with van der Waals surface area (Å²) in [5, 5.41) is 5.22. The molecule has 0 saturated carbocycles. The number of esters is 1. The normalized spacial score (nSPS) is 10.8. The summed E-state index contributed by atoms with van der Waals surface area (Å²) in [6.07, 6.45) is 1.79. The van der Waals surface area contributed by atoms with Crippen LogP contribution in [0.3, 0.4) is 0 Å². The number of hydrogen-bond donors (Lipinski definition) is 0. The zero-order chi connectivity index (χ0) is 18.7. The van der Waals surface area contributed by atoms with E-state index >= 15 is 0 Å². The van der Waals surface area contributed by atoms with Gasteiger partial charge in [0.2, 0.25) is 5.88 Å². The molecule has 0 aliphatic heterocycles. The fourth-order valence-corrected chi connectivity index (χ4v) is 2.94. The quantitative estimate of drug-likeness (QED) is 0.573. The highest BCUT2D eigenvalue weighted by atomic mass is 35.5. The molecule has 1 aromatic heterocycles. The molecule has 0 aliphatic carbocycles. The number of benzene rings is 2. The van der Waals surface area contributed by atoms with Gasteiger partial charge in [0.05, 0.1) is 16.9 Å². The van der Waals surface area contributed by atoms with Gasteiger partial charge in [0.1, 0.15) is 0 Å². The van der Waals surface area contributed by atoms with Gasteiger partial charge in [-0.1, -0.05) is 42.6 Å². The Morgan fingerprint density at radius 2 is 1.85 bits per heavy atom. The highest BCUT2D eigenvalue weighted by Crippen LogP contribution is 2.24. The van der Waals surface area contributed by atoms with Crippen LogP contribution < -0.4 is 4.74 Å². The highest BCUT2D eigenvalue weighted by Gasteiger charge is 2.17. The second-order valence-electron chi connectivity index (χ2n) is 6.32. The lowest BCUT2D eigenvalue weighted by atomic mass is 10.1. The van der Waals surface area contributed by atoms with Crippen LogP contribution in [0.4, 0.5) is 0 Å². The Bertz CT molecular complexity index is 930. The van der Waals surface area contributed by atoms with Gasteiger partial charge in [-0.15, -0.1) is 0 Å². The first-order chi connectivity index (χ1) is 12.5. The minimum absolute atomic E-state index is 0.417. The summed E-state index contributed by atoms with van der Waals surface area (Å²) in [6.45, 7) is 6.16. The molecule has 0 amide bonds. The molecule has 3 aromatic rings. The number of rotatable bonds is 5. The van der Waals surface area contributed by atoms with Crippen LogP contribution in [-0.4, -0.2) is 15.7 Å². The van der Waals surface area contributed by atoms with E-state index in [4.69, 9.17) is 16.3 Å². The number of aromatic nitrogens is 2. The molecule has 0 fully saturated rings. The van der Waals surface area contributed by atoms with Crippen LogP contribution in [0, 0.1) is 13.8 Å². The SMILES string of the molecule is CCCc1cc(OC(=O)c2ccc(Cl)cc2)n(-c2ccc(C)cc2C)n1. The van der Waals surface area contributed by atoms with Gasteiger partial charge in [-0.2, -0.15) is 5.10 Å². The molecule has 0 radical (unpaired) electrons. The van der Waals surface area contributed by atoms with Crippen LogP contribution in [0.5, 0.6) is 5.88 Å². The smallest absolute Gasteiger partial charge is 0.344 e. The summed E-state index contributed by atoms with van der Waals surface area (Å²) in [4.78, 5) is 12.5. The van der Waals surface area contributed by atoms with Crippen LogP contribution in [0.15, 0.2) is 48.5 Å². The van der Waals surface area contributed by atoms with E-state index in [9.17, 15) is 4.79 Å². The van der Waals surface area contributed by atoms with Crippen molar-refractivity contribution >= 4 is 17.6 Å². The zero-order valence-corrected chi connectivity index (χ0v) is 15.9. The van der Waals surface area contributed by atoms with E-state index in [1.54, 1.807) is 28.9 Å². The Morgan fingerprint density at radius 1 is 1.12 bits per heavy atom. The van der Waals surface area contributed by atoms with Gasteiger partial charge in [-0.3, -0.25) is 0 Å². The van der Waals surface area contributed by atoms with Crippen molar-refractivity contribution in [3.8, 4) is 11.6 Å². The molecule has 4 nitrogen and oxygen atoms in total. The van der Waals surface area contributed by atoms with Gasteiger partial charge in [0, 0.05) is 11.1 Å². The molecule has 0 unspecified atom stereocenters. The third-order valence-corrected chi connectivity index (χ3v) is 4.34. The minimum Gasteiger partial charge on any atom is -0.404 e. The van der Waals surface area contributed by atoms with Gasteiger partial charge < -0.3 is 4.74 Å². The second-order valence-corrected chi connectivity index (χ2v) is 6.76. The maximum Gasteiger partial charge on any atom is 0.344 e. The van der Waals surface area contributed by atoms with Gasteiger partial charge in [0.15, 0.2) is 0 Å². The summed E-state index contributed by atoms with van der Waals surface area (Å²) in [7, 11) is 0. The second kappa shape index (κ2) is 7.75. The lowest BCUT2D eigenvalue weighted by Gasteiger charge is -2.11. The number of carbonyl (C=O) groups is 1. The number of halogens is 1. The molecule has 26 heavy (non-hydrogen) atoms. The van der Waals surface area contributed by atoms with Gasteiger partial charge in [-0.05, 0) is 56.2 Å². The first kappa shape index (κ1) is 18.2. The summed E-state index contributed by atoms with van der Waals surface area (Å²) < 4.78 is 7.36. The lowest BCUT2D eigenvalue weighted by Crippen LogP contribution is -2.12. The molecule has 0 bridgehead atoms. The Hall–Kier alpha value is -2.59. The lowest BCUT2D eigenvalue weighted by molar-refractivity contribution is 0.0723. The van der Waals surface area contributed by atoms with Crippen LogP contribution in [-0.2, 0) is 6.42 Å². The molecule has 0 atom stereocenters. The number of nitrogens with zero attached hydrogens (tertiary/aromatic N) is 2. The number of ether oxygens (including phenoxy) is 1. The predicted molar refractivity (Wildman–Crippen MR) is 103 cm³/mol. The molecule has 0 saturated heterocycles. The molecule has 0 spiro atoms. The molecule has 0 N–H and O–H groups in total. The zero-order valence-electron chi connectivity index (χ0n) is 15.1. The average molecular weight is 369 g/mol. The summed E-state index contributed by atoms with van der Waals surface area (Å²) in [6, 6.07) is 14.6. The van der Waals surface area contributed by atoms with Crippen molar-refractivity contribution < 1.29 is 9.53 Å². The van der Waals surface area contributed by atoms with Gasteiger partial charge in [-0.25, -0.2) is 9.48 Å². The van der Waals surface area contributed by atoms with Crippen molar-refractivity contribution in [2.75, 3.05) is 0 Å². The molecule has 0 aliphatic rings. The molecule has 3 rings (SSSR count). The van der Waals surface area contributed by atoms with E-state index in [1.807, 2.05) is 32.0 Å². The first-order valence-corrected chi connectivity index (χ1v) is 9.00. The Labute approximate surface area is 158 Å². The van der Waals surface area contributed by atoms with E-state index < -0.39 is 5.97 Å². The fraction of sp³-hybridized carbons (Fsp3) is 0.238. The number of hydrogen-bond acceptors (Lipinski definition) is 3. The van der Waals surface area contributed by atoms with E-state index in [2.05, 4.69) is 18.1 Å². The number of aryl methyl sites for hydroxylation is 3. The van der Waals surface area contributed by atoms with Crippen molar-refractivity contribution in [3.63, 3.8) is 0 Å². The van der Waals surface area contributed by atoms with Crippen LogP contribution >= 0.6 is 11.6 Å². The maximum atomic E-state index is 12.5. The topological polar surface area (TPSA) is 44.1 Å². The molecule has 134 valence electrons. The van der Waals surface area contributed by atoms with E-state index in [0.717, 1.165) is 29.8 Å². The van der Waals surface area contributed by atoms with Crippen molar-refractivity contribution in [1.82, 2.24) is 9.78 Å². The largest absolute Gasteiger partial charge is 0.404 e. The minimum atomic E-state index is -0.435. The number of carbonyl (C=O) groups excluding carboxylic acids is 1. The summed E-state index contributed by atoms with van der Waals surface area (Å²) in [5.41, 5.74) is 4.48. The van der Waals surface area contributed by atoms with Crippen LogP contribution in [0.25, 0.3) is 5.69 Å². The monoisotopic (exact) mass is 368 g/mol. The van der Waals surface area contributed by atoms with Gasteiger partial charge in [0.25, 0.3) is 0 Å². The Morgan fingerprint density at radius 3 is 2.50 bits per heavy atom. The van der Waals surface area contributed by atoms with Crippen molar-refractivity contribution in [2.24, 2.45) is 0 Å². The molecular weight excluding hydrogens is 348 g/mol. The molecular formula is C21H21ClN2O2. The fourth-order valence-electron chi connectivity index (χ4n) is 2.82. The van der Waals surface area contributed by atoms with Gasteiger partial charge >= 0.3 is 5.97 Å². The Kier molecular flexibility index (Phi) is 5.43. The standard InChI is InChI=1S/C21H21ClN2O2/c1-4-5-18-13-20(26-21(25)16-7-9-17(22)10-8-16)24(23-18)19-11-6-14(2)12-15(19)3/h6-13H,4-5H2,1-3H3. The summed E-state index contributed by atoms with van der Waals surface area (Å²) in [5.74, 6) is -0.0176. The summed E-state index contributed by atoms with van der Waals surface area (Å²) >= 11 is 5.88. The Balaban J connectivity index is 1.97. The predicted octanol–water partition coefficient (Wildman–Crippen LogP) is 5.31. The van der Waals surface area contributed by atoms with E-state index in [0.29, 0.717) is 16.5 Å². The third-order valence-electron chi connectivity index (χ3n) is 4.09. The third kappa shape index (κ3) is 3.97. The first-order valence-electron chi connectivity index (χ1n) is 8.62. The van der Waals surface area contributed by atoms with Crippen molar-refractivity contribution in [2.45, 2.75) is 33.6 Å². The van der Waals surface area contributed by atoms with Crippen LogP contribution in [0.1, 0.15) is 40.5 Å². The molecule has 1 heterocycles. The highest BCUT2D eigenvalue weighted by molar-refractivity contribution is 6.30. The van der Waals surface area contributed by atoms with Crippen LogP contribution in [0.2, 0.25) is 5.02 Å². The van der Waals surface area contributed by atoms with Crippen molar-refractivity contribution in [3.05, 3.63) is 75.9 Å². The average Bonchev–Trinajstić information content (AvgIpc) is 2.98. The maximum absolute atomic E-state index is 12.5. The molecule has 2 aromatic carbocycles. The van der Waals surface area contributed by atoms with E-state index in [1.165, 1.54) is 5.56 Å². The molecule has 5 heteroatoms.